The summed E-state index contributed by atoms with van der Waals surface area (Å²) in [6.07, 6.45) is 0.480. The Morgan fingerprint density at radius 1 is 1.00 bits per heavy atom. The van der Waals surface area contributed by atoms with Crippen LogP contribution in [0.15, 0.2) is 42.6 Å². The number of alkyl halides is 3. The smallest absolute Gasteiger partial charge is 0.416 e. The molecule has 1 aliphatic heterocycles. The molecule has 0 aliphatic carbocycles. The van der Waals surface area contributed by atoms with Crippen LogP contribution in [0.2, 0.25) is 0 Å². The number of halogens is 3. The predicted octanol–water partition coefficient (Wildman–Crippen LogP) is 4.86. The van der Waals surface area contributed by atoms with E-state index in [0.29, 0.717) is 5.56 Å². The predicted molar refractivity (Wildman–Crippen MR) is 96.5 cm³/mol. The molecular weight excluding hydrogens is 355 g/mol. The SMILES string of the molecule is Oc1ccc2[nH]ncc2c1C(c1ccc(C(F)(F)F)cc1)N1CCCCC1. The highest BCUT2D eigenvalue weighted by Crippen LogP contribution is 2.40. The van der Waals surface area contributed by atoms with Crippen LogP contribution in [-0.4, -0.2) is 33.3 Å². The topological polar surface area (TPSA) is 52.1 Å². The van der Waals surface area contributed by atoms with Gasteiger partial charge >= 0.3 is 6.18 Å². The van der Waals surface area contributed by atoms with Crippen molar-refractivity contribution < 1.29 is 18.3 Å². The second-order valence-corrected chi connectivity index (χ2v) is 6.95. The highest BCUT2D eigenvalue weighted by Gasteiger charge is 2.32. The van der Waals surface area contributed by atoms with Crippen LogP contribution < -0.4 is 0 Å². The van der Waals surface area contributed by atoms with Crippen LogP contribution in [0.5, 0.6) is 5.75 Å². The standard InChI is InChI=1S/C20H20F3N3O/c21-20(22,23)14-6-4-13(5-7-14)19(26-10-2-1-3-11-26)18-15-12-24-25-16(15)8-9-17(18)27/h4-9,12,19,27H,1-3,10-11H2,(H,24,25). The van der Waals surface area contributed by atoms with Crippen molar-refractivity contribution in [3.63, 3.8) is 0 Å². The maximum atomic E-state index is 13.0. The number of nitrogens with zero attached hydrogens (tertiary/aromatic N) is 2. The quantitative estimate of drug-likeness (QED) is 0.687. The van der Waals surface area contributed by atoms with Crippen LogP contribution in [-0.2, 0) is 6.18 Å². The highest BCUT2D eigenvalue weighted by molar-refractivity contribution is 5.85. The maximum absolute atomic E-state index is 13.0. The molecule has 1 aliphatic rings. The van der Waals surface area contributed by atoms with E-state index in [4.69, 9.17) is 0 Å². The molecule has 4 nitrogen and oxygen atoms in total. The van der Waals surface area contributed by atoms with Gasteiger partial charge in [-0.3, -0.25) is 10.00 Å². The fourth-order valence-corrected chi connectivity index (χ4v) is 3.91. The first-order chi connectivity index (χ1) is 12.9. The third-order valence-electron chi connectivity index (χ3n) is 5.23. The number of likely N-dealkylation sites (tertiary alicyclic amines) is 1. The Morgan fingerprint density at radius 3 is 2.37 bits per heavy atom. The van der Waals surface area contributed by atoms with Gasteiger partial charge in [0.15, 0.2) is 0 Å². The van der Waals surface area contributed by atoms with Crippen LogP contribution >= 0.6 is 0 Å². The molecule has 4 rings (SSSR count). The summed E-state index contributed by atoms with van der Waals surface area (Å²) >= 11 is 0. The molecule has 3 aromatic rings. The average molecular weight is 375 g/mol. The zero-order chi connectivity index (χ0) is 19.0. The molecule has 0 amide bonds. The second kappa shape index (κ2) is 6.88. The van der Waals surface area contributed by atoms with Crippen molar-refractivity contribution in [1.82, 2.24) is 15.1 Å². The van der Waals surface area contributed by atoms with Crippen LogP contribution in [0, 0.1) is 0 Å². The van der Waals surface area contributed by atoms with Crippen molar-refractivity contribution in [3.05, 3.63) is 59.3 Å². The molecule has 1 fully saturated rings. The number of piperidine rings is 1. The molecule has 27 heavy (non-hydrogen) atoms. The normalized spacial score (nSPS) is 17.3. The molecule has 1 atom stereocenters. The van der Waals surface area contributed by atoms with E-state index >= 15 is 0 Å². The number of H-pyrrole nitrogens is 1. The number of phenolic OH excluding ortho intramolecular Hbond substituents is 1. The van der Waals surface area contributed by atoms with Gasteiger partial charge in [0.1, 0.15) is 5.75 Å². The molecule has 1 saturated heterocycles. The summed E-state index contributed by atoms with van der Waals surface area (Å²) in [4.78, 5) is 2.23. The van der Waals surface area contributed by atoms with Crippen LogP contribution in [0.1, 0.15) is 42.0 Å². The van der Waals surface area contributed by atoms with Crippen molar-refractivity contribution >= 4 is 10.9 Å². The van der Waals surface area contributed by atoms with Crippen molar-refractivity contribution in [3.8, 4) is 5.75 Å². The van der Waals surface area contributed by atoms with Crippen molar-refractivity contribution in [1.29, 1.82) is 0 Å². The van der Waals surface area contributed by atoms with Gasteiger partial charge < -0.3 is 5.11 Å². The lowest BCUT2D eigenvalue weighted by atomic mass is 9.91. The Bertz CT molecular complexity index is 928. The number of aromatic amines is 1. The van der Waals surface area contributed by atoms with E-state index in [-0.39, 0.29) is 11.8 Å². The number of nitrogens with one attached hydrogen (secondary N) is 1. The maximum Gasteiger partial charge on any atom is 0.416 e. The van der Waals surface area contributed by atoms with Crippen molar-refractivity contribution in [2.75, 3.05) is 13.1 Å². The average Bonchev–Trinajstić information content (AvgIpc) is 3.13. The Kier molecular flexibility index (Phi) is 4.55. The summed E-state index contributed by atoms with van der Waals surface area (Å²) in [6.45, 7) is 1.67. The summed E-state index contributed by atoms with van der Waals surface area (Å²) in [5, 5.41) is 18.4. The minimum Gasteiger partial charge on any atom is -0.508 e. The second-order valence-electron chi connectivity index (χ2n) is 6.95. The zero-order valence-electron chi connectivity index (χ0n) is 14.6. The summed E-state index contributed by atoms with van der Waals surface area (Å²) < 4.78 is 38.9. The molecule has 142 valence electrons. The fraction of sp³-hybridized carbons (Fsp3) is 0.350. The molecule has 2 N–H and O–H groups in total. The molecule has 2 heterocycles. The number of fused-ring (bicyclic) bond motifs is 1. The number of rotatable bonds is 3. The van der Waals surface area contributed by atoms with E-state index in [1.165, 1.54) is 12.1 Å². The summed E-state index contributed by atoms with van der Waals surface area (Å²) in [5.41, 5.74) is 1.53. The Morgan fingerprint density at radius 2 is 1.70 bits per heavy atom. The van der Waals surface area contributed by atoms with Gasteiger partial charge in [0.05, 0.1) is 23.3 Å². The van der Waals surface area contributed by atoms with Gasteiger partial charge in [-0.15, -0.1) is 0 Å². The molecule has 0 radical (unpaired) electrons. The monoisotopic (exact) mass is 375 g/mol. The molecule has 7 heteroatoms. The first-order valence-electron chi connectivity index (χ1n) is 9.01. The van der Waals surface area contributed by atoms with Crippen LogP contribution in [0.25, 0.3) is 10.9 Å². The minimum atomic E-state index is -4.37. The van der Waals surface area contributed by atoms with Gasteiger partial charge in [0, 0.05) is 10.9 Å². The third kappa shape index (κ3) is 3.39. The molecule has 0 bridgehead atoms. The van der Waals surface area contributed by atoms with Gasteiger partial charge in [0.25, 0.3) is 0 Å². The largest absolute Gasteiger partial charge is 0.508 e. The Balaban J connectivity index is 1.84. The Labute approximate surface area is 154 Å². The third-order valence-corrected chi connectivity index (χ3v) is 5.23. The zero-order valence-corrected chi connectivity index (χ0v) is 14.6. The van der Waals surface area contributed by atoms with E-state index in [2.05, 4.69) is 15.1 Å². The van der Waals surface area contributed by atoms with Gasteiger partial charge in [-0.25, -0.2) is 0 Å². The first kappa shape index (κ1) is 17.9. The molecular formula is C20H20F3N3O. The van der Waals surface area contributed by atoms with Gasteiger partial charge in [0.2, 0.25) is 0 Å². The van der Waals surface area contributed by atoms with Gasteiger partial charge in [-0.2, -0.15) is 18.3 Å². The van der Waals surface area contributed by atoms with E-state index < -0.39 is 11.7 Å². The van der Waals surface area contributed by atoms with E-state index in [1.54, 1.807) is 18.3 Å². The number of aromatic hydroxyl groups is 1. The van der Waals surface area contributed by atoms with E-state index in [9.17, 15) is 18.3 Å². The number of benzene rings is 2. The van der Waals surface area contributed by atoms with Gasteiger partial charge in [-0.05, 0) is 55.8 Å². The van der Waals surface area contributed by atoms with E-state index in [0.717, 1.165) is 61.0 Å². The van der Waals surface area contributed by atoms with Crippen molar-refractivity contribution in [2.45, 2.75) is 31.5 Å². The molecule has 1 aromatic heterocycles. The summed E-state index contributed by atoms with van der Waals surface area (Å²) in [7, 11) is 0. The number of phenols is 1. The fourth-order valence-electron chi connectivity index (χ4n) is 3.91. The van der Waals surface area contributed by atoms with Crippen LogP contribution in [0.3, 0.4) is 0 Å². The van der Waals surface area contributed by atoms with Crippen LogP contribution in [0.4, 0.5) is 13.2 Å². The summed E-state index contributed by atoms with van der Waals surface area (Å²) in [5.74, 6) is 0.124. The highest BCUT2D eigenvalue weighted by atomic mass is 19.4. The molecule has 0 saturated carbocycles. The molecule has 1 unspecified atom stereocenters. The number of aromatic nitrogens is 2. The lowest BCUT2D eigenvalue weighted by molar-refractivity contribution is -0.137. The van der Waals surface area contributed by atoms with Gasteiger partial charge in [-0.1, -0.05) is 18.6 Å². The first-order valence-corrected chi connectivity index (χ1v) is 9.01. The number of hydrogen-bond acceptors (Lipinski definition) is 3. The van der Waals surface area contributed by atoms with Crippen molar-refractivity contribution in [2.24, 2.45) is 0 Å². The molecule has 0 spiro atoms. The Hall–Kier alpha value is -2.54. The lowest BCUT2D eigenvalue weighted by Gasteiger charge is -2.36. The molecule has 2 aromatic carbocycles. The lowest BCUT2D eigenvalue weighted by Crippen LogP contribution is -2.34. The minimum absolute atomic E-state index is 0.124. The number of hydrogen-bond donors (Lipinski definition) is 2. The van der Waals surface area contributed by atoms with E-state index in [1.807, 2.05) is 0 Å². The summed E-state index contributed by atoms with van der Waals surface area (Å²) in [6, 6.07) is 8.28.